The quantitative estimate of drug-likeness (QED) is 0.595. The molecule has 32 heavy (non-hydrogen) atoms. The van der Waals surface area contributed by atoms with E-state index in [0.717, 1.165) is 32.4 Å². The number of aryl methyl sites for hydroxylation is 1. The summed E-state index contributed by atoms with van der Waals surface area (Å²) in [6.07, 6.45) is -0.206. The summed E-state index contributed by atoms with van der Waals surface area (Å²) in [7, 11) is 0. The van der Waals surface area contributed by atoms with Gasteiger partial charge in [0.05, 0.1) is 35.7 Å². The monoisotopic (exact) mass is 471 g/mol. The Hall–Kier alpha value is -3.04. The van der Waals surface area contributed by atoms with E-state index in [1.54, 1.807) is 16.5 Å². The highest BCUT2D eigenvalue weighted by Crippen LogP contribution is 2.42. The molecule has 5 rings (SSSR count). The Morgan fingerprint density at radius 2 is 2.09 bits per heavy atom. The van der Waals surface area contributed by atoms with Crippen LogP contribution in [-0.4, -0.2) is 39.8 Å². The smallest absolute Gasteiger partial charge is 0.410 e. The van der Waals surface area contributed by atoms with E-state index in [9.17, 15) is 9.59 Å². The van der Waals surface area contributed by atoms with Gasteiger partial charge in [-0.2, -0.15) is 5.10 Å². The Balaban J connectivity index is 1.45. The normalized spacial score (nSPS) is 17.3. The van der Waals surface area contributed by atoms with Gasteiger partial charge in [0.25, 0.3) is 5.91 Å². The van der Waals surface area contributed by atoms with Crippen LogP contribution in [0.15, 0.2) is 30.3 Å². The molecule has 0 spiro atoms. The number of nitrogens with zero attached hydrogens (tertiary/aromatic N) is 3. The van der Waals surface area contributed by atoms with Crippen LogP contribution in [0, 0.1) is 6.92 Å². The van der Waals surface area contributed by atoms with Gasteiger partial charge >= 0.3 is 6.09 Å². The predicted octanol–water partition coefficient (Wildman–Crippen LogP) is 4.26. The Labute approximate surface area is 194 Å². The van der Waals surface area contributed by atoms with E-state index in [1.807, 2.05) is 37.3 Å². The fourth-order valence-electron chi connectivity index (χ4n) is 4.21. The van der Waals surface area contributed by atoms with Gasteiger partial charge in [-0.05, 0) is 38.0 Å². The fourth-order valence-corrected chi connectivity index (χ4v) is 5.88. The third-order valence-electron chi connectivity index (χ3n) is 5.70. The number of carbonyl (C=O) groups is 2. The van der Waals surface area contributed by atoms with E-state index >= 15 is 0 Å². The third kappa shape index (κ3) is 3.41. The van der Waals surface area contributed by atoms with Crippen molar-refractivity contribution in [3.8, 4) is 5.69 Å². The van der Waals surface area contributed by atoms with Crippen LogP contribution in [0.25, 0.3) is 5.69 Å². The molecule has 0 fully saturated rings. The van der Waals surface area contributed by atoms with Crippen molar-refractivity contribution in [3.05, 3.63) is 62.7 Å². The maximum absolute atomic E-state index is 13.1. The van der Waals surface area contributed by atoms with Crippen molar-refractivity contribution in [2.75, 3.05) is 18.5 Å². The number of thiophene rings is 1. The van der Waals surface area contributed by atoms with Gasteiger partial charge in [-0.25, -0.2) is 9.48 Å². The molecule has 2 aliphatic rings. The molecule has 0 saturated carbocycles. The predicted molar refractivity (Wildman–Crippen MR) is 123 cm³/mol. The summed E-state index contributed by atoms with van der Waals surface area (Å²) in [5, 5.41) is 12.3. The maximum Gasteiger partial charge on any atom is 0.410 e. The maximum atomic E-state index is 13.1. The molecule has 1 atom stereocenters. The molecule has 8 nitrogen and oxygen atoms in total. The highest BCUT2D eigenvalue weighted by molar-refractivity contribution is 7.16. The highest BCUT2D eigenvalue weighted by Gasteiger charge is 2.36. The molecule has 4 heterocycles. The van der Waals surface area contributed by atoms with Crippen LogP contribution in [-0.2, 0) is 17.7 Å². The first-order valence-corrected chi connectivity index (χ1v) is 11.6. The second-order valence-corrected chi connectivity index (χ2v) is 9.13. The van der Waals surface area contributed by atoms with Gasteiger partial charge in [0, 0.05) is 11.4 Å². The number of aromatic nitrogens is 2. The van der Waals surface area contributed by atoms with Crippen LogP contribution >= 0.6 is 22.9 Å². The summed E-state index contributed by atoms with van der Waals surface area (Å²) < 4.78 is 6.81. The summed E-state index contributed by atoms with van der Waals surface area (Å²) >= 11 is 8.21. The Morgan fingerprint density at radius 3 is 2.84 bits per heavy atom. The largest absolute Gasteiger partial charge is 0.450 e. The van der Waals surface area contributed by atoms with Crippen LogP contribution in [0.2, 0.25) is 5.15 Å². The zero-order chi connectivity index (χ0) is 22.4. The number of amides is 2. The summed E-state index contributed by atoms with van der Waals surface area (Å²) in [5.74, 6) is -0.145. The highest BCUT2D eigenvalue weighted by atomic mass is 35.5. The number of hydrogen-bond donors (Lipinski definition) is 2. The number of nitrogens with one attached hydrogen (secondary N) is 2. The minimum atomic E-state index is -0.499. The molecule has 2 aromatic heterocycles. The molecule has 2 aliphatic heterocycles. The molecule has 0 aliphatic carbocycles. The summed E-state index contributed by atoms with van der Waals surface area (Å²) in [5.41, 5.74) is 3.97. The molecule has 0 radical (unpaired) electrons. The van der Waals surface area contributed by atoms with Crippen molar-refractivity contribution in [2.45, 2.75) is 33.0 Å². The number of ether oxygens (including phenoxy) is 1. The van der Waals surface area contributed by atoms with E-state index in [0.29, 0.717) is 36.8 Å². The van der Waals surface area contributed by atoms with Crippen molar-refractivity contribution in [3.63, 3.8) is 0 Å². The van der Waals surface area contributed by atoms with E-state index < -0.39 is 6.17 Å². The van der Waals surface area contributed by atoms with Crippen molar-refractivity contribution in [2.24, 2.45) is 0 Å². The van der Waals surface area contributed by atoms with Crippen LogP contribution in [0.1, 0.15) is 45.1 Å². The molecule has 0 bridgehead atoms. The SMILES string of the molecule is CCOC(=O)N1CCc2c(sc3c2C(=O)N[C@H](c2c(C)nn(-c4ccccc4)c2Cl)N3)C1. The fraction of sp³-hybridized carbons (Fsp3) is 0.318. The minimum absolute atomic E-state index is 0.145. The van der Waals surface area contributed by atoms with E-state index in [2.05, 4.69) is 15.7 Å². The number of anilines is 1. The number of halogens is 1. The van der Waals surface area contributed by atoms with Gasteiger partial charge in [0.15, 0.2) is 0 Å². The zero-order valence-corrected chi connectivity index (χ0v) is 19.2. The van der Waals surface area contributed by atoms with Crippen molar-refractivity contribution in [1.82, 2.24) is 20.0 Å². The van der Waals surface area contributed by atoms with Crippen LogP contribution < -0.4 is 10.6 Å². The number of benzene rings is 1. The van der Waals surface area contributed by atoms with Crippen molar-refractivity contribution in [1.29, 1.82) is 0 Å². The van der Waals surface area contributed by atoms with E-state index in [4.69, 9.17) is 16.3 Å². The molecule has 166 valence electrons. The van der Waals surface area contributed by atoms with Gasteiger partial charge in [-0.1, -0.05) is 29.8 Å². The van der Waals surface area contributed by atoms with Gasteiger partial charge in [0.2, 0.25) is 0 Å². The molecule has 3 aromatic rings. The topological polar surface area (TPSA) is 88.5 Å². The Morgan fingerprint density at radius 1 is 1.31 bits per heavy atom. The molecule has 0 unspecified atom stereocenters. The van der Waals surface area contributed by atoms with Gasteiger partial charge in [-0.15, -0.1) is 11.3 Å². The number of para-hydroxylation sites is 1. The summed E-state index contributed by atoms with van der Waals surface area (Å²) in [6.45, 7) is 4.97. The van der Waals surface area contributed by atoms with Crippen molar-refractivity contribution >= 4 is 39.9 Å². The second-order valence-electron chi connectivity index (χ2n) is 7.67. The van der Waals surface area contributed by atoms with E-state index in [1.165, 1.54) is 11.3 Å². The second kappa shape index (κ2) is 8.14. The Bertz CT molecular complexity index is 1210. The van der Waals surface area contributed by atoms with E-state index in [-0.39, 0.29) is 12.0 Å². The lowest BCUT2D eigenvalue weighted by molar-refractivity contribution is 0.0934. The lowest BCUT2D eigenvalue weighted by Crippen LogP contribution is -2.39. The summed E-state index contributed by atoms with van der Waals surface area (Å²) in [6, 6.07) is 9.63. The van der Waals surface area contributed by atoms with Crippen LogP contribution in [0.4, 0.5) is 9.80 Å². The average molecular weight is 472 g/mol. The molecular weight excluding hydrogens is 450 g/mol. The zero-order valence-electron chi connectivity index (χ0n) is 17.6. The average Bonchev–Trinajstić information content (AvgIpc) is 3.30. The molecule has 1 aromatic carbocycles. The van der Waals surface area contributed by atoms with Crippen LogP contribution in [0.5, 0.6) is 0 Å². The number of carbonyl (C=O) groups excluding carboxylic acids is 2. The third-order valence-corrected chi connectivity index (χ3v) is 7.21. The summed E-state index contributed by atoms with van der Waals surface area (Å²) in [4.78, 5) is 27.9. The number of hydrogen-bond acceptors (Lipinski definition) is 6. The molecule has 10 heteroatoms. The number of fused-ring (bicyclic) bond motifs is 3. The standard InChI is InChI=1S/C22H22ClN5O3S/c1-3-31-22(30)27-10-9-14-15(11-27)32-21-17(14)20(29)24-19(25-21)16-12(2)26-28(18(16)23)13-7-5-4-6-8-13/h4-8,19,25H,3,9-11H2,1-2H3,(H,24,29)/t19-/m0/s1. The molecular formula is C22H22ClN5O3S. The first-order chi connectivity index (χ1) is 15.5. The van der Waals surface area contributed by atoms with Crippen molar-refractivity contribution < 1.29 is 14.3 Å². The van der Waals surface area contributed by atoms with Gasteiger partial charge in [-0.3, -0.25) is 4.79 Å². The lowest BCUT2D eigenvalue weighted by atomic mass is 10.0. The molecule has 0 saturated heterocycles. The first-order valence-electron chi connectivity index (χ1n) is 10.4. The number of rotatable bonds is 3. The minimum Gasteiger partial charge on any atom is -0.450 e. The van der Waals surface area contributed by atoms with Crippen LogP contribution in [0.3, 0.4) is 0 Å². The molecule has 2 N–H and O–H groups in total. The molecule has 2 amide bonds. The Kier molecular flexibility index (Phi) is 5.30. The van der Waals surface area contributed by atoms with Gasteiger partial charge in [0.1, 0.15) is 16.3 Å². The van der Waals surface area contributed by atoms with Gasteiger partial charge < -0.3 is 20.3 Å². The first kappa shape index (κ1) is 20.8. The lowest BCUT2D eigenvalue weighted by Gasteiger charge is -2.28.